The van der Waals surface area contributed by atoms with Crippen LogP contribution in [0.4, 0.5) is 11.5 Å². The number of nitrogens with one attached hydrogen (secondary N) is 2. The number of primary amides is 1. The van der Waals surface area contributed by atoms with Crippen molar-refractivity contribution in [2.24, 2.45) is 5.73 Å². The predicted molar refractivity (Wildman–Crippen MR) is 120 cm³/mol. The highest BCUT2D eigenvalue weighted by atomic mass is 16.1. The van der Waals surface area contributed by atoms with E-state index >= 15 is 0 Å². The lowest BCUT2D eigenvalue weighted by Crippen LogP contribution is -2.18. The Bertz CT molecular complexity index is 1280. The second kappa shape index (κ2) is 7.71. The largest absolute Gasteiger partial charge is 0.381 e. The van der Waals surface area contributed by atoms with Crippen LogP contribution < -0.4 is 16.4 Å². The van der Waals surface area contributed by atoms with Gasteiger partial charge in [0, 0.05) is 13.1 Å². The lowest BCUT2D eigenvalue weighted by Gasteiger charge is -2.21. The van der Waals surface area contributed by atoms with Crippen LogP contribution in [0, 0.1) is 6.92 Å². The molecule has 0 aliphatic carbocycles. The van der Waals surface area contributed by atoms with Gasteiger partial charge in [-0.1, -0.05) is 36.4 Å². The standard InChI is InChI=1S/C23H23N7O/c1-14-19(17-10-5-11-18(21(24)31)30(17)29-14)22-27-16-9-6-12-25-20(16)23(28-22)26-13-15-7-3-2-4-8-15/h2-5,7-8,10-11,25H,6,9,12-13H2,1H3,(H2,24,31)(H,26,27,28). The summed E-state index contributed by atoms with van der Waals surface area (Å²) in [5.41, 5.74) is 11.3. The molecule has 0 saturated carbocycles. The van der Waals surface area contributed by atoms with Gasteiger partial charge in [0.25, 0.3) is 5.91 Å². The van der Waals surface area contributed by atoms with Crippen molar-refractivity contribution in [3.8, 4) is 11.4 Å². The fourth-order valence-electron chi connectivity index (χ4n) is 4.01. The van der Waals surface area contributed by atoms with E-state index in [1.165, 1.54) is 5.56 Å². The van der Waals surface area contributed by atoms with Crippen molar-refractivity contribution >= 4 is 22.9 Å². The molecular weight excluding hydrogens is 390 g/mol. The number of amides is 1. The van der Waals surface area contributed by atoms with Crippen molar-refractivity contribution in [3.05, 3.63) is 71.2 Å². The van der Waals surface area contributed by atoms with E-state index in [1.807, 2.05) is 31.2 Å². The number of aromatic nitrogens is 4. The number of hydrogen-bond donors (Lipinski definition) is 3. The highest BCUT2D eigenvalue weighted by Gasteiger charge is 2.22. The molecule has 1 aliphatic heterocycles. The van der Waals surface area contributed by atoms with Crippen molar-refractivity contribution in [2.45, 2.75) is 26.3 Å². The zero-order valence-electron chi connectivity index (χ0n) is 17.2. The Morgan fingerprint density at radius 3 is 2.81 bits per heavy atom. The van der Waals surface area contributed by atoms with E-state index in [2.05, 4.69) is 27.9 Å². The molecule has 0 radical (unpaired) electrons. The molecule has 5 rings (SSSR count). The smallest absolute Gasteiger partial charge is 0.267 e. The molecule has 3 aromatic heterocycles. The summed E-state index contributed by atoms with van der Waals surface area (Å²) in [7, 11) is 0. The van der Waals surface area contributed by atoms with E-state index in [4.69, 9.17) is 15.7 Å². The minimum absolute atomic E-state index is 0.328. The molecule has 31 heavy (non-hydrogen) atoms. The molecule has 4 N–H and O–H groups in total. The summed E-state index contributed by atoms with van der Waals surface area (Å²) in [4.78, 5) is 21.6. The van der Waals surface area contributed by atoms with E-state index < -0.39 is 5.91 Å². The van der Waals surface area contributed by atoms with Gasteiger partial charge < -0.3 is 16.4 Å². The van der Waals surface area contributed by atoms with Crippen molar-refractivity contribution < 1.29 is 4.79 Å². The Balaban J connectivity index is 1.62. The van der Waals surface area contributed by atoms with Crippen LogP contribution in [-0.4, -0.2) is 32.0 Å². The zero-order valence-corrected chi connectivity index (χ0v) is 17.2. The highest BCUT2D eigenvalue weighted by Crippen LogP contribution is 2.33. The van der Waals surface area contributed by atoms with Gasteiger partial charge in [0.1, 0.15) is 5.69 Å². The Kier molecular flexibility index (Phi) is 4.74. The van der Waals surface area contributed by atoms with E-state index in [1.54, 1.807) is 16.6 Å². The van der Waals surface area contributed by atoms with Crippen LogP contribution >= 0.6 is 0 Å². The number of rotatable bonds is 5. The fourth-order valence-corrected chi connectivity index (χ4v) is 4.01. The van der Waals surface area contributed by atoms with Gasteiger partial charge >= 0.3 is 0 Å². The van der Waals surface area contributed by atoms with E-state index in [9.17, 15) is 4.79 Å². The van der Waals surface area contributed by atoms with Gasteiger partial charge in [-0.25, -0.2) is 14.5 Å². The first-order valence-corrected chi connectivity index (χ1v) is 10.3. The summed E-state index contributed by atoms with van der Waals surface area (Å²) in [6.07, 6.45) is 1.89. The molecule has 1 aromatic carbocycles. The summed E-state index contributed by atoms with van der Waals surface area (Å²) >= 11 is 0. The van der Waals surface area contributed by atoms with Gasteiger partial charge in [0.15, 0.2) is 11.6 Å². The first-order chi connectivity index (χ1) is 15.1. The van der Waals surface area contributed by atoms with Crippen LogP contribution in [0.25, 0.3) is 16.9 Å². The van der Waals surface area contributed by atoms with E-state index in [0.717, 1.165) is 53.4 Å². The summed E-state index contributed by atoms with van der Waals surface area (Å²) < 4.78 is 1.57. The molecule has 4 heterocycles. The third kappa shape index (κ3) is 3.46. The third-order valence-electron chi connectivity index (χ3n) is 5.49. The van der Waals surface area contributed by atoms with Crippen molar-refractivity contribution in [2.75, 3.05) is 17.2 Å². The minimum Gasteiger partial charge on any atom is -0.381 e. The molecule has 156 valence electrons. The first kappa shape index (κ1) is 19.0. The second-order valence-corrected chi connectivity index (χ2v) is 7.62. The molecule has 0 bridgehead atoms. The first-order valence-electron chi connectivity index (χ1n) is 10.3. The average molecular weight is 413 g/mol. The number of hydrogen-bond acceptors (Lipinski definition) is 6. The Morgan fingerprint density at radius 1 is 1.16 bits per heavy atom. The molecule has 0 fully saturated rings. The number of nitrogens with zero attached hydrogens (tertiary/aromatic N) is 4. The highest BCUT2D eigenvalue weighted by molar-refractivity contribution is 5.93. The van der Waals surface area contributed by atoms with Crippen LogP contribution in [0.15, 0.2) is 48.5 Å². The summed E-state index contributed by atoms with van der Waals surface area (Å²) in [6, 6.07) is 15.6. The lowest BCUT2D eigenvalue weighted by atomic mass is 10.1. The molecule has 0 unspecified atom stereocenters. The minimum atomic E-state index is -0.527. The number of nitrogens with two attached hydrogens (primary N) is 1. The zero-order chi connectivity index (χ0) is 21.4. The number of carbonyl (C=O) groups is 1. The second-order valence-electron chi connectivity index (χ2n) is 7.62. The molecule has 8 nitrogen and oxygen atoms in total. The third-order valence-corrected chi connectivity index (χ3v) is 5.49. The maximum atomic E-state index is 11.8. The number of pyridine rings is 1. The van der Waals surface area contributed by atoms with Crippen molar-refractivity contribution in [3.63, 3.8) is 0 Å². The molecule has 8 heteroatoms. The fraction of sp³-hybridized carbons (Fsp3) is 0.217. The topological polar surface area (TPSA) is 110 Å². The van der Waals surface area contributed by atoms with E-state index in [0.29, 0.717) is 18.1 Å². The Morgan fingerprint density at radius 2 is 2.00 bits per heavy atom. The maximum absolute atomic E-state index is 11.8. The molecular formula is C23H23N7O. The molecule has 0 saturated heterocycles. The molecule has 4 aromatic rings. The van der Waals surface area contributed by atoms with Crippen LogP contribution in [0.2, 0.25) is 0 Å². The number of benzene rings is 1. The number of carbonyl (C=O) groups excluding carboxylic acids is 1. The van der Waals surface area contributed by atoms with E-state index in [-0.39, 0.29) is 0 Å². The van der Waals surface area contributed by atoms with Crippen LogP contribution in [0.5, 0.6) is 0 Å². The quantitative estimate of drug-likeness (QED) is 0.464. The summed E-state index contributed by atoms with van der Waals surface area (Å²) in [5.74, 6) is 0.834. The van der Waals surface area contributed by atoms with Gasteiger partial charge in [-0.3, -0.25) is 4.79 Å². The molecule has 0 spiro atoms. The van der Waals surface area contributed by atoms with Crippen molar-refractivity contribution in [1.82, 2.24) is 19.6 Å². The molecule has 1 aliphatic rings. The molecule has 1 amide bonds. The summed E-state index contributed by atoms with van der Waals surface area (Å²) in [6.45, 7) is 3.45. The summed E-state index contributed by atoms with van der Waals surface area (Å²) in [5, 5.41) is 11.5. The molecule has 0 atom stereocenters. The van der Waals surface area contributed by atoms with Gasteiger partial charge in [-0.2, -0.15) is 5.10 Å². The maximum Gasteiger partial charge on any atom is 0.267 e. The van der Waals surface area contributed by atoms with Crippen LogP contribution in [0.3, 0.4) is 0 Å². The van der Waals surface area contributed by atoms with Gasteiger partial charge in [-0.05, 0) is 37.5 Å². The van der Waals surface area contributed by atoms with Crippen LogP contribution in [-0.2, 0) is 13.0 Å². The van der Waals surface area contributed by atoms with Gasteiger partial charge in [0.05, 0.1) is 28.2 Å². The van der Waals surface area contributed by atoms with Crippen molar-refractivity contribution in [1.29, 1.82) is 0 Å². The SMILES string of the molecule is Cc1nn2c(C(N)=O)cccc2c1-c1nc2c(c(NCc3ccccc3)n1)NCCC2. The average Bonchev–Trinajstić information content (AvgIpc) is 3.13. The Hall–Kier alpha value is -3.94. The van der Waals surface area contributed by atoms with Gasteiger partial charge in [-0.15, -0.1) is 0 Å². The lowest BCUT2D eigenvalue weighted by molar-refractivity contribution is 0.0993. The normalized spacial score (nSPS) is 12.9. The predicted octanol–water partition coefficient (Wildman–Crippen LogP) is 3.17. The number of aryl methyl sites for hydroxylation is 2. The number of anilines is 2. The van der Waals surface area contributed by atoms with Gasteiger partial charge in [0.2, 0.25) is 0 Å². The Labute approximate surface area is 179 Å². The van der Waals surface area contributed by atoms with Crippen LogP contribution in [0.1, 0.15) is 33.9 Å². The monoisotopic (exact) mass is 413 g/mol. The number of fused-ring (bicyclic) bond motifs is 2.